The molecule has 0 aliphatic heterocycles. The Balaban J connectivity index is 1.56. The van der Waals surface area contributed by atoms with Crippen LogP contribution in [0.4, 0.5) is 10.5 Å². The summed E-state index contributed by atoms with van der Waals surface area (Å²) >= 11 is 0. The molecule has 2 aromatic heterocycles. The van der Waals surface area contributed by atoms with Gasteiger partial charge in [-0.25, -0.2) is 9.78 Å². The van der Waals surface area contributed by atoms with E-state index in [1.165, 1.54) is 51.0 Å². The van der Waals surface area contributed by atoms with Gasteiger partial charge in [-0.3, -0.25) is 4.57 Å². The van der Waals surface area contributed by atoms with Gasteiger partial charge in [0.05, 0.1) is 24.8 Å². The van der Waals surface area contributed by atoms with Gasteiger partial charge in [-0.05, 0) is 38.5 Å². The second kappa shape index (κ2) is 18.6. The molecule has 38 heavy (non-hydrogen) atoms. The first-order valence-corrected chi connectivity index (χ1v) is 15.3. The minimum absolute atomic E-state index is 0.0734. The number of hydrogen-bond acceptors (Lipinski definition) is 6. The Bertz CT molecular complexity index is 1050. The number of anilines is 1. The Hall–Kier alpha value is -2.59. The van der Waals surface area contributed by atoms with Crippen LogP contribution < -0.4 is 10.6 Å². The van der Waals surface area contributed by atoms with Gasteiger partial charge in [-0.1, -0.05) is 63.3 Å². The maximum atomic E-state index is 12.3. The van der Waals surface area contributed by atoms with E-state index in [9.17, 15) is 9.36 Å². The first-order valence-electron chi connectivity index (χ1n) is 13.5. The van der Waals surface area contributed by atoms with Crippen LogP contribution in [-0.2, 0) is 15.8 Å². The minimum atomic E-state index is -4.21. The number of urea groups is 1. The predicted octanol–water partition coefficient (Wildman–Crippen LogP) is 5.52. The summed E-state index contributed by atoms with van der Waals surface area (Å²) in [5, 5.41) is 13.6. The SMILES string of the molecule is CCCCC/C=C\C/C=C\CCCCCCCNC(=O)Nc1cnnc2c1ncn2CCOCP(=O)(O)O. The van der Waals surface area contributed by atoms with Gasteiger partial charge >= 0.3 is 13.6 Å². The third-order valence-electron chi connectivity index (χ3n) is 5.80. The summed E-state index contributed by atoms with van der Waals surface area (Å²) in [6.45, 7) is 3.17. The van der Waals surface area contributed by atoms with Gasteiger partial charge in [0.1, 0.15) is 11.9 Å². The summed E-state index contributed by atoms with van der Waals surface area (Å²) < 4.78 is 17.5. The van der Waals surface area contributed by atoms with E-state index in [4.69, 9.17) is 14.5 Å². The highest BCUT2D eigenvalue weighted by Crippen LogP contribution is 2.33. The molecule has 0 fully saturated rings. The summed E-state index contributed by atoms with van der Waals surface area (Å²) in [5.74, 6) is 0. The lowest BCUT2D eigenvalue weighted by Crippen LogP contribution is -2.29. The summed E-state index contributed by atoms with van der Waals surface area (Å²) in [4.78, 5) is 34.3. The van der Waals surface area contributed by atoms with Gasteiger partial charge in [-0.2, -0.15) is 5.10 Å². The molecule has 0 unspecified atom stereocenters. The molecule has 0 atom stereocenters. The van der Waals surface area contributed by atoms with Crippen molar-refractivity contribution in [1.29, 1.82) is 0 Å². The van der Waals surface area contributed by atoms with Crippen molar-refractivity contribution in [3.63, 3.8) is 0 Å². The third kappa shape index (κ3) is 13.8. The van der Waals surface area contributed by atoms with Gasteiger partial charge in [0.2, 0.25) is 0 Å². The monoisotopic (exact) mass is 550 g/mol. The quantitative estimate of drug-likeness (QED) is 0.0955. The van der Waals surface area contributed by atoms with E-state index in [0.29, 0.717) is 23.4 Å². The Labute approximate surface area is 225 Å². The molecule has 0 aromatic carbocycles. The Morgan fingerprint density at radius 3 is 2.50 bits per heavy atom. The Kier molecular flexibility index (Phi) is 15.5. The van der Waals surface area contributed by atoms with Crippen molar-refractivity contribution < 1.29 is 23.9 Å². The predicted molar refractivity (Wildman–Crippen MR) is 150 cm³/mol. The average Bonchev–Trinajstić information content (AvgIpc) is 3.30. The zero-order valence-corrected chi connectivity index (χ0v) is 23.3. The smallest absolute Gasteiger partial charge is 0.350 e. The number of imidazole rings is 1. The number of ether oxygens (including phenoxy) is 1. The highest BCUT2D eigenvalue weighted by Gasteiger charge is 2.14. The van der Waals surface area contributed by atoms with Crippen LogP contribution in [0.2, 0.25) is 0 Å². The zero-order valence-electron chi connectivity index (χ0n) is 22.4. The van der Waals surface area contributed by atoms with Crippen molar-refractivity contribution in [3.8, 4) is 0 Å². The van der Waals surface area contributed by atoms with E-state index in [1.807, 2.05) is 0 Å². The van der Waals surface area contributed by atoms with Crippen molar-refractivity contribution in [2.45, 2.75) is 84.1 Å². The second-order valence-corrected chi connectivity index (χ2v) is 10.8. The topological polar surface area (TPSA) is 151 Å². The van der Waals surface area contributed by atoms with Gasteiger partial charge < -0.3 is 29.7 Å². The van der Waals surface area contributed by atoms with E-state index in [-0.39, 0.29) is 19.2 Å². The summed E-state index contributed by atoms with van der Waals surface area (Å²) in [6.07, 6.45) is 24.1. The van der Waals surface area contributed by atoms with Crippen molar-refractivity contribution in [2.75, 3.05) is 24.8 Å². The van der Waals surface area contributed by atoms with Crippen LogP contribution in [0.25, 0.3) is 11.2 Å². The maximum Gasteiger partial charge on any atom is 0.350 e. The number of allylic oxidation sites excluding steroid dienone is 4. The molecule has 0 spiro atoms. The number of carbonyl (C=O) groups excluding carboxylic acids is 1. The molecule has 2 aromatic rings. The lowest BCUT2D eigenvalue weighted by Gasteiger charge is -2.08. The molecule has 0 aliphatic rings. The van der Waals surface area contributed by atoms with Crippen molar-refractivity contribution >= 4 is 30.5 Å². The van der Waals surface area contributed by atoms with Crippen LogP contribution in [0.1, 0.15) is 77.6 Å². The van der Waals surface area contributed by atoms with Gasteiger partial charge in [0.15, 0.2) is 5.65 Å². The summed E-state index contributed by atoms with van der Waals surface area (Å²) in [5.41, 5.74) is 1.35. The van der Waals surface area contributed by atoms with Crippen LogP contribution in [0.5, 0.6) is 0 Å². The number of nitrogens with zero attached hydrogens (tertiary/aromatic N) is 4. The highest BCUT2D eigenvalue weighted by atomic mass is 31.2. The highest BCUT2D eigenvalue weighted by molar-refractivity contribution is 7.51. The van der Waals surface area contributed by atoms with Crippen molar-refractivity contribution in [3.05, 3.63) is 36.8 Å². The molecule has 0 saturated carbocycles. The molecule has 4 N–H and O–H groups in total. The number of carbonyl (C=O) groups is 1. The second-order valence-electron chi connectivity index (χ2n) is 9.18. The van der Waals surface area contributed by atoms with Crippen molar-refractivity contribution in [2.24, 2.45) is 0 Å². The van der Waals surface area contributed by atoms with E-state index < -0.39 is 13.9 Å². The van der Waals surface area contributed by atoms with Crippen LogP contribution in [0, 0.1) is 0 Å². The fourth-order valence-electron chi connectivity index (χ4n) is 3.78. The van der Waals surface area contributed by atoms with Crippen LogP contribution in [0.15, 0.2) is 36.8 Å². The number of aromatic nitrogens is 4. The standard InChI is InChI=1S/C26H43N6O5P/c1-2-3-4-5-6-7-8-9-10-11-12-13-14-15-16-17-27-26(33)30-23-20-29-31-25-24(23)28-21-32(25)18-19-37-22-38(34,35)36/h6-7,9-10,20-21H,2-5,8,11-19,22H2,1H3,(H2,34,35,36)(H2,27,30,31,33)/b7-6-,10-9-. The normalized spacial score (nSPS) is 12.2. The molecular weight excluding hydrogens is 507 g/mol. The van der Waals surface area contributed by atoms with E-state index in [1.54, 1.807) is 4.57 Å². The van der Waals surface area contributed by atoms with Gasteiger partial charge in [-0.15, -0.1) is 5.10 Å². The molecule has 2 rings (SSSR count). The largest absolute Gasteiger partial charge is 0.367 e. The molecule has 0 bridgehead atoms. The lowest BCUT2D eigenvalue weighted by molar-refractivity contribution is 0.149. The minimum Gasteiger partial charge on any atom is -0.367 e. The van der Waals surface area contributed by atoms with E-state index >= 15 is 0 Å². The molecule has 11 nitrogen and oxygen atoms in total. The zero-order chi connectivity index (χ0) is 27.5. The first-order chi connectivity index (χ1) is 18.4. The molecule has 12 heteroatoms. The van der Waals surface area contributed by atoms with Crippen LogP contribution >= 0.6 is 7.60 Å². The molecule has 0 saturated heterocycles. The summed E-state index contributed by atoms with van der Waals surface area (Å²) in [7, 11) is -4.21. The number of amides is 2. The maximum absolute atomic E-state index is 12.3. The molecule has 0 aliphatic carbocycles. The first kappa shape index (κ1) is 31.6. The number of nitrogens with one attached hydrogen (secondary N) is 2. The Morgan fingerprint density at radius 1 is 1.05 bits per heavy atom. The average molecular weight is 551 g/mol. The van der Waals surface area contributed by atoms with Crippen LogP contribution in [-0.4, -0.2) is 55.1 Å². The Morgan fingerprint density at radius 2 is 1.76 bits per heavy atom. The van der Waals surface area contributed by atoms with Crippen LogP contribution in [0.3, 0.4) is 0 Å². The molecule has 2 heterocycles. The van der Waals surface area contributed by atoms with E-state index in [2.05, 4.69) is 57.0 Å². The van der Waals surface area contributed by atoms with E-state index in [0.717, 1.165) is 32.1 Å². The molecule has 212 valence electrons. The summed E-state index contributed by atoms with van der Waals surface area (Å²) in [6, 6.07) is -0.330. The molecule has 0 radical (unpaired) electrons. The number of fused-ring (bicyclic) bond motifs is 1. The molecular formula is C26H43N6O5P. The van der Waals surface area contributed by atoms with Gasteiger partial charge in [0, 0.05) is 13.1 Å². The molecule has 2 amide bonds. The van der Waals surface area contributed by atoms with Gasteiger partial charge in [0.25, 0.3) is 0 Å². The number of unbranched alkanes of at least 4 members (excludes halogenated alkanes) is 8. The van der Waals surface area contributed by atoms with Crippen molar-refractivity contribution in [1.82, 2.24) is 25.1 Å². The fourth-order valence-corrected chi connectivity index (χ4v) is 4.15. The number of rotatable bonds is 20. The third-order valence-corrected chi connectivity index (χ3v) is 6.32. The number of hydrogen-bond donors (Lipinski definition) is 4. The lowest BCUT2D eigenvalue weighted by atomic mass is 10.1. The fraction of sp³-hybridized carbons (Fsp3) is 0.615.